The lowest BCUT2D eigenvalue weighted by molar-refractivity contribution is 0.415. The first kappa shape index (κ1) is 15.8. The van der Waals surface area contributed by atoms with Gasteiger partial charge in [-0.05, 0) is 42.3 Å². The molecule has 1 atom stereocenters. The number of benzene rings is 2. The number of fused-ring (bicyclic) bond motifs is 2. The van der Waals surface area contributed by atoms with Gasteiger partial charge < -0.3 is 18.9 Å². The molecular weight excluding hydrogens is 340 g/mol. The molecule has 1 aromatic heterocycles. The Morgan fingerprint density at radius 1 is 1.24 bits per heavy atom. The largest absolute Gasteiger partial charge is 0.755 e. The van der Waals surface area contributed by atoms with Gasteiger partial charge in [-0.3, -0.25) is 4.21 Å². The molecule has 1 aliphatic rings. The normalized spacial score (nSPS) is 14.4. The number of anilines is 3. The van der Waals surface area contributed by atoms with Crippen LogP contribution in [0.1, 0.15) is 5.56 Å². The highest BCUT2D eigenvalue weighted by atomic mass is 32.2. The Morgan fingerprint density at radius 3 is 2.92 bits per heavy atom. The lowest BCUT2D eigenvalue weighted by atomic mass is 10.1. The van der Waals surface area contributed by atoms with Crippen LogP contribution in [-0.4, -0.2) is 32.4 Å². The third kappa shape index (κ3) is 2.90. The number of rotatable bonds is 4. The molecule has 1 N–H and O–H groups in total. The van der Waals surface area contributed by atoms with Crippen molar-refractivity contribution in [1.29, 1.82) is 0 Å². The Bertz CT molecular complexity index is 979. The molecular formula is C17H15N4O3S-. The summed E-state index contributed by atoms with van der Waals surface area (Å²) in [7, 11) is 1.63. The van der Waals surface area contributed by atoms with E-state index in [1.807, 2.05) is 30.3 Å². The van der Waals surface area contributed by atoms with Crippen molar-refractivity contribution in [3.05, 3.63) is 48.3 Å². The first-order valence-corrected chi connectivity index (χ1v) is 8.78. The molecule has 128 valence electrons. The number of hydrogen-bond acceptors (Lipinski definition) is 6. The maximum Gasteiger partial charge on any atom is 0.144 e. The van der Waals surface area contributed by atoms with Gasteiger partial charge in [0.15, 0.2) is 0 Å². The van der Waals surface area contributed by atoms with E-state index in [-0.39, 0.29) is 0 Å². The van der Waals surface area contributed by atoms with Crippen molar-refractivity contribution in [1.82, 2.24) is 9.97 Å². The first-order chi connectivity index (χ1) is 12.2. The smallest absolute Gasteiger partial charge is 0.144 e. The van der Waals surface area contributed by atoms with Crippen LogP contribution in [0, 0.1) is 0 Å². The third-order valence-electron chi connectivity index (χ3n) is 4.25. The summed E-state index contributed by atoms with van der Waals surface area (Å²) < 4.78 is 29.3. The zero-order valence-electron chi connectivity index (χ0n) is 13.4. The molecule has 7 nitrogen and oxygen atoms in total. The standard InChI is InChI=1S/C17H16N4O3S/c1-24-13-3-4-14-15(9-13)18-10-19-17(14)21-7-6-11-8-12(20-25(22)23)2-5-16(11)21/h2-5,8-10,20H,6-7H2,1H3,(H,22,23)/p-1. The molecule has 1 aliphatic heterocycles. The zero-order chi connectivity index (χ0) is 17.4. The molecule has 0 spiro atoms. The predicted molar refractivity (Wildman–Crippen MR) is 95.8 cm³/mol. The van der Waals surface area contributed by atoms with Crippen LogP contribution in [0.5, 0.6) is 5.75 Å². The molecule has 25 heavy (non-hydrogen) atoms. The maximum atomic E-state index is 10.8. The number of ether oxygens (including phenoxy) is 1. The molecule has 0 radical (unpaired) electrons. The van der Waals surface area contributed by atoms with Gasteiger partial charge in [0.25, 0.3) is 0 Å². The van der Waals surface area contributed by atoms with Crippen LogP contribution in [0.15, 0.2) is 42.7 Å². The Hall–Kier alpha value is -2.71. The Balaban J connectivity index is 1.76. The van der Waals surface area contributed by atoms with Crippen molar-refractivity contribution >= 4 is 39.4 Å². The minimum atomic E-state index is -2.33. The number of nitrogens with one attached hydrogen (secondary N) is 1. The van der Waals surface area contributed by atoms with Gasteiger partial charge in [0.2, 0.25) is 0 Å². The minimum absolute atomic E-state index is 0.561. The first-order valence-electron chi connectivity index (χ1n) is 7.71. The molecule has 0 amide bonds. The molecule has 0 saturated carbocycles. The van der Waals surface area contributed by atoms with Crippen LogP contribution in [0.3, 0.4) is 0 Å². The summed E-state index contributed by atoms with van der Waals surface area (Å²) in [4.78, 5) is 10.9. The highest BCUT2D eigenvalue weighted by Crippen LogP contribution is 2.38. The number of nitrogens with zero attached hydrogens (tertiary/aromatic N) is 3. The quantitative estimate of drug-likeness (QED) is 0.723. The van der Waals surface area contributed by atoms with E-state index in [2.05, 4.69) is 19.6 Å². The van der Waals surface area contributed by atoms with E-state index in [0.717, 1.165) is 46.7 Å². The highest BCUT2D eigenvalue weighted by molar-refractivity contribution is 7.80. The summed E-state index contributed by atoms with van der Waals surface area (Å²) in [5, 5.41) is 0.944. The van der Waals surface area contributed by atoms with Crippen LogP contribution in [-0.2, 0) is 17.7 Å². The van der Waals surface area contributed by atoms with Crippen molar-refractivity contribution in [2.75, 3.05) is 23.3 Å². The van der Waals surface area contributed by atoms with Gasteiger partial charge in [0.05, 0.1) is 12.6 Å². The molecule has 2 aromatic carbocycles. The van der Waals surface area contributed by atoms with Crippen molar-refractivity contribution in [2.24, 2.45) is 0 Å². The van der Waals surface area contributed by atoms with E-state index in [9.17, 15) is 8.76 Å². The van der Waals surface area contributed by atoms with Crippen LogP contribution in [0.4, 0.5) is 17.2 Å². The van der Waals surface area contributed by atoms with Gasteiger partial charge in [0, 0.05) is 40.6 Å². The molecule has 3 aromatic rings. The number of methoxy groups -OCH3 is 1. The summed E-state index contributed by atoms with van der Waals surface area (Å²) in [6.45, 7) is 0.775. The molecule has 0 bridgehead atoms. The predicted octanol–water partition coefficient (Wildman–Crippen LogP) is 2.54. The van der Waals surface area contributed by atoms with Gasteiger partial charge in [-0.2, -0.15) is 0 Å². The van der Waals surface area contributed by atoms with Crippen LogP contribution < -0.4 is 14.4 Å². The van der Waals surface area contributed by atoms with Gasteiger partial charge in [-0.15, -0.1) is 0 Å². The summed E-state index contributed by atoms with van der Waals surface area (Å²) in [5.74, 6) is 1.58. The van der Waals surface area contributed by atoms with Crippen LogP contribution >= 0.6 is 0 Å². The topological polar surface area (TPSA) is 90.4 Å². The van der Waals surface area contributed by atoms with E-state index in [4.69, 9.17) is 4.74 Å². The van der Waals surface area contributed by atoms with Crippen molar-refractivity contribution in [3.8, 4) is 5.75 Å². The van der Waals surface area contributed by atoms with E-state index < -0.39 is 11.3 Å². The lowest BCUT2D eigenvalue weighted by Gasteiger charge is -2.20. The van der Waals surface area contributed by atoms with Crippen molar-refractivity contribution < 1.29 is 13.5 Å². The van der Waals surface area contributed by atoms with E-state index in [1.165, 1.54) is 0 Å². The molecule has 0 fully saturated rings. The number of hydrogen-bond donors (Lipinski definition) is 1. The van der Waals surface area contributed by atoms with Gasteiger partial charge in [-0.25, -0.2) is 9.97 Å². The molecule has 1 unspecified atom stereocenters. The molecule has 2 heterocycles. The SMILES string of the molecule is COc1ccc2c(N3CCc4cc(NS(=O)[O-])ccc43)ncnc2c1. The minimum Gasteiger partial charge on any atom is -0.755 e. The van der Waals surface area contributed by atoms with Crippen LogP contribution in [0.2, 0.25) is 0 Å². The fraction of sp³-hybridized carbons (Fsp3) is 0.176. The van der Waals surface area contributed by atoms with E-state index in [1.54, 1.807) is 19.5 Å². The van der Waals surface area contributed by atoms with Crippen molar-refractivity contribution in [3.63, 3.8) is 0 Å². The summed E-state index contributed by atoms with van der Waals surface area (Å²) in [5.41, 5.74) is 3.48. The molecule has 8 heteroatoms. The molecule has 0 aliphatic carbocycles. The van der Waals surface area contributed by atoms with Gasteiger partial charge in [0.1, 0.15) is 17.9 Å². The zero-order valence-corrected chi connectivity index (χ0v) is 14.2. The second kappa shape index (κ2) is 6.30. The summed E-state index contributed by atoms with van der Waals surface area (Å²) >= 11 is -2.33. The Kier molecular flexibility index (Phi) is 3.98. The summed E-state index contributed by atoms with van der Waals surface area (Å²) in [6.07, 6.45) is 2.36. The second-order valence-electron chi connectivity index (χ2n) is 5.66. The monoisotopic (exact) mass is 355 g/mol. The van der Waals surface area contributed by atoms with E-state index in [0.29, 0.717) is 5.69 Å². The molecule has 4 rings (SSSR count). The maximum absolute atomic E-state index is 10.8. The molecule has 0 saturated heterocycles. The van der Waals surface area contributed by atoms with Crippen LogP contribution in [0.25, 0.3) is 10.9 Å². The lowest BCUT2D eigenvalue weighted by Crippen LogP contribution is -2.15. The average molecular weight is 355 g/mol. The number of aromatic nitrogens is 2. The van der Waals surface area contributed by atoms with Crippen molar-refractivity contribution in [2.45, 2.75) is 6.42 Å². The Morgan fingerprint density at radius 2 is 2.12 bits per heavy atom. The average Bonchev–Trinajstić information content (AvgIpc) is 3.03. The summed E-state index contributed by atoms with van der Waals surface area (Å²) in [6, 6.07) is 11.3. The van der Waals surface area contributed by atoms with Gasteiger partial charge in [-0.1, -0.05) is 0 Å². The van der Waals surface area contributed by atoms with E-state index >= 15 is 0 Å². The van der Waals surface area contributed by atoms with Gasteiger partial charge >= 0.3 is 0 Å². The third-order valence-corrected chi connectivity index (χ3v) is 4.66. The fourth-order valence-electron chi connectivity index (χ4n) is 3.15. The second-order valence-corrected chi connectivity index (χ2v) is 6.34. The fourth-order valence-corrected chi connectivity index (χ4v) is 3.47. The Labute approximate surface area is 147 Å². The highest BCUT2D eigenvalue weighted by Gasteiger charge is 2.23.